The van der Waals surface area contributed by atoms with Crippen LogP contribution in [0.3, 0.4) is 0 Å². The van der Waals surface area contributed by atoms with Crippen molar-refractivity contribution in [3.63, 3.8) is 0 Å². The van der Waals surface area contributed by atoms with Crippen LogP contribution in [0.1, 0.15) is 12.5 Å². The van der Waals surface area contributed by atoms with Gasteiger partial charge in [0.15, 0.2) is 0 Å². The van der Waals surface area contributed by atoms with Crippen molar-refractivity contribution < 1.29 is 23.8 Å². The van der Waals surface area contributed by atoms with Crippen LogP contribution in [0, 0.1) is 0 Å². The number of methoxy groups -OCH3 is 2. The van der Waals surface area contributed by atoms with E-state index in [9.17, 15) is 9.18 Å². The van der Waals surface area contributed by atoms with Gasteiger partial charge in [-0.2, -0.15) is 0 Å². The van der Waals surface area contributed by atoms with Gasteiger partial charge >= 0.3 is 5.97 Å². The molecule has 0 aliphatic rings. The highest BCUT2D eigenvalue weighted by Gasteiger charge is 2.38. The van der Waals surface area contributed by atoms with Crippen LogP contribution < -0.4 is 9.47 Å². The van der Waals surface area contributed by atoms with Crippen molar-refractivity contribution in [3.05, 3.63) is 23.8 Å². The summed E-state index contributed by atoms with van der Waals surface area (Å²) in [5.74, 6) is -1.02. The summed E-state index contributed by atoms with van der Waals surface area (Å²) in [4.78, 5) is 10.8. The van der Waals surface area contributed by atoms with Gasteiger partial charge in [0, 0.05) is 5.56 Å². The van der Waals surface area contributed by atoms with E-state index in [0.717, 1.165) is 6.92 Å². The van der Waals surface area contributed by atoms with Crippen LogP contribution in [-0.2, 0) is 10.5 Å². The summed E-state index contributed by atoms with van der Waals surface area (Å²) in [6, 6.07) is 4.35. The number of aliphatic carboxylic acids is 1. The van der Waals surface area contributed by atoms with Gasteiger partial charge in [-0.1, -0.05) is 0 Å². The van der Waals surface area contributed by atoms with Crippen LogP contribution in [0.5, 0.6) is 11.5 Å². The van der Waals surface area contributed by atoms with Crippen molar-refractivity contribution in [3.8, 4) is 11.5 Å². The van der Waals surface area contributed by atoms with E-state index < -0.39 is 11.6 Å². The summed E-state index contributed by atoms with van der Waals surface area (Å²) < 4.78 is 23.8. The van der Waals surface area contributed by atoms with E-state index in [1.54, 1.807) is 6.07 Å². The molecule has 1 N–H and O–H groups in total. The van der Waals surface area contributed by atoms with Crippen molar-refractivity contribution in [2.24, 2.45) is 0 Å². The Morgan fingerprint density at radius 1 is 1.38 bits per heavy atom. The highest BCUT2D eigenvalue weighted by atomic mass is 19.1. The molecule has 5 heteroatoms. The van der Waals surface area contributed by atoms with Gasteiger partial charge in [-0.15, -0.1) is 0 Å². The minimum atomic E-state index is -2.51. The molecule has 4 nitrogen and oxygen atoms in total. The first-order chi connectivity index (χ1) is 7.43. The Labute approximate surface area is 92.6 Å². The number of ether oxygens (including phenoxy) is 2. The number of hydrogen-bond acceptors (Lipinski definition) is 3. The first-order valence-corrected chi connectivity index (χ1v) is 4.58. The molecule has 0 amide bonds. The second-order valence-corrected chi connectivity index (χ2v) is 3.37. The second kappa shape index (κ2) is 4.38. The van der Waals surface area contributed by atoms with Crippen LogP contribution in [0.25, 0.3) is 0 Å². The molecule has 0 spiro atoms. The first kappa shape index (κ1) is 12.3. The summed E-state index contributed by atoms with van der Waals surface area (Å²) in [7, 11) is 2.77. The van der Waals surface area contributed by atoms with Gasteiger partial charge in [-0.3, -0.25) is 0 Å². The average molecular weight is 228 g/mol. The minimum Gasteiger partial charge on any atom is -0.497 e. The molecule has 1 rings (SSSR count). The first-order valence-electron chi connectivity index (χ1n) is 4.58. The Balaban J connectivity index is 3.34. The maximum atomic E-state index is 14.0. The number of carboxylic acids is 1. The van der Waals surface area contributed by atoms with Crippen molar-refractivity contribution >= 4 is 5.97 Å². The maximum absolute atomic E-state index is 14.0. The molecular formula is C11H13FO4. The Hall–Kier alpha value is -1.78. The van der Waals surface area contributed by atoms with Crippen LogP contribution in [0.15, 0.2) is 18.2 Å². The van der Waals surface area contributed by atoms with Crippen LogP contribution >= 0.6 is 0 Å². The van der Waals surface area contributed by atoms with Gasteiger partial charge in [0.05, 0.1) is 14.2 Å². The molecule has 0 aliphatic carbocycles. The Kier molecular flexibility index (Phi) is 3.37. The highest BCUT2D eigenvalue weighted by Crippen LogP contribution is 2.35. The van der Waals surface area contributed by atoms with E-state index in [1.807, 2.05) is 0 Å². The molecule has 0 saturated heterocycles. The number of hydrogen-bond donors (Lipinski definition) is 1. The van der Waals surface area contributed by atoms with E-state index >= 15 is 0 Å². The molecule has 0 aromatic heterocycles. The monoisotopic (exact) mass is 228 g/mol. The fourth-order valence-corrected chi connectivity index (χ4v) is 1.30. The van der Waals surface area contributed by atoms with Crippen molar-refractivity contribution in [1.82, 2.24) is 0 Å². The largest absolute Gasteiger partial charge is 0.497 e. The van der Waals surface area contributed by atoms with Crippen molar-refractivity contribution in [2.45, 2.75) is 12.6 Å². The molecule has 16 heavy (non-hydrogen) atoms. The number of halogens is 1. The molecule has 0 heterocycles. The van der Waals surface area contributed by atoms with Crippen LogP contribution in [0.4, 0.5) is 4.39 Å². The maximum Gasteiger partial charge on any atom is 0.346 e. The third kappa shape index (κ3) is 2.08. The van der Waals surface area contributed by atoms with E-state index in [0.29, 0.717) is 5.75 Å². The lowest BCUT2D eigenvalue weighted by molar-refractivity contribution is -0.150. The van der Waals surface area contributed by atoms with Gasteiger partial charge in [-0.05, 0) is 25.1 Å². The zero-order valence-corrected chi connectivity index (χ0v) is 9.28. The third-order valence-electron chi connectivity index (χ3n) is 2.31. The van der Waals surface area contributed by atoms with E-state index in [1.165, 1.54) is 26.4 Å². The van der Waals surface area contributed by atoms with Gasteiger partial charge in [0.2, 0.25) is 5.67 Å². The molecule has 0 aliphatic heterocycles. The quantitative estimate of drug-likeness (QED) is 0.856. The molecule has 88 valence electrons. The lowest BCUT2D eigenvalue weighted by Gasteiger charge is -2.19. The predicted molar refractivity (Wildman–Crippen MR) is 55.6 cm³/mol. The minimum absolute atomic E-state index is 0.0677. The van der Waals surface area contributed by atoms with Crippen molar-refractivity contribution in [2.75, 3.05) is 14.2 Å². The Morgan fingerprint density at radius 3 is 2.44 bits per heavy atom. The summed E-state index contributed by atoms with van der Waals surface area (Å²) in [6.45, 7) is 0.965. The van der Waals surface area contributed by atoms with E-state index in [4.69, 9.17) is 14.6 Å². The smallest absolute Gasteiger partial charge is 0.346 e. The van der Waals surface area contributed by atoms with Gasteiger partial charge in [0.25, 0.3) is 0 Å². The topological polar surface area (TPSA) is 55.8 Å². The highest BCUT2D eigenvalue weighted by molar-refractivity contribution is 5.80. The zero-order valence-electron chi connectivity index (χ0n) is 9.28. The fraction of sp³-hybridized carbons (Fsp3) is 0.364. The predicted octanol–water partition coefficient (Wildman–Crippen LogP) is 1.97. The van der Waals surface area contributed by atoms with Gasteiger partial charge < -0.3 is 14.6 Å². The molecule has 0 fully saturated rings. The number of alkyl halides is 1. The Morgan fingerprint density at radius 2 is 2.00 bits per heavy atom. The number of rotatable bonds is 4. The lowest BCUT2D eigenvalue weighted by Crippen LogP contribution is -2.27. The molecular weight excluding hydrogens is 215 g/mol. The van der Waals surface area contributed by atoms with Crippen LogP contribution in [-0.4, -0.2) is 25.3 Å². The van der Waals surface area contributed by atoms with E-state index in [-0.39, 0.29) is 11.3 Å². The SMILES string of the molecule is COc1ccc(OC)c(C(C)(F)C(=O)O)c1. The molecule has 1 aromatic rings. The standard InChI is InChI=1S/C11H13FO4/c1-11(12,10(13)14)8-6-7(15-2)4-5-9(8)16-3/h4-6H,1-3H3,(H,13,14). The van der Waals surface area contributed by atoms with Gasteiger partial charge in [-0.25, -0.2) is 9.18 Å². The third-order valence-corrected chi connectivity index (χ3v) is 2.31. The summed E-state index contributed by atoms with van der Waals surface area (Å²) in [5, 5.41) is 8.81. The molecule has 0 radical (unpaired) electrons. The van der Waals surface area contributed by atoms with Crippen LogP contribution in [0.2, 0.25) is 0 Å². The molecule has 0 saturated carbocycles. The number of carbonyl (C=O) groups is 1. The summed E-state index contributed by atoms with van der Waals surface area (Å²) in [6.07, 6.45) is 0. The Bertz CT molecular complexity index is 401. The van der Waals surface area contributed by atoms with Gasteiger partial charge in [0.1, 0.15) is 11.5 Å². The summed E-state index contributed by atoms with van der Waals surface area (Å²) in [5.41, 5.74) is -2.58. The zero-order chi connectivity index (χ0) is 12.3. The fourth-order valence-electron chi connectivity index (χ4n) is 1.30. The second-order valence-electron chi connectivity index (χ2n) is 3.37. The lowest BCUT2D eigenvalue weighted by atomic mass is 9.97. The number of carboxylic acid groups (broad SMARTS) is 1. The molecule has 1 aromatic carbocycles. The summed E-state index contributed by atoms with van der Waals surface area (Å²) >= 11 is 0. The normalized spacial score (nSPS) is 14.0. The molecule has 1 unspecified atom stereocenters. The molecule has 1 atom stereocenters. The average Bonchev–Trinajstić information content (AvgIpc) is 2.27. The molecule has 0 bridgehead atoms. The van der Waals surface area contributed by atoms with E-state index in [2.05, 4.69) is 0 Å². The number of benzene rings is 1. The van der Waals surface area contributed by atoms with Crippen molar-refractivity contribution in [1.29, 1.82) is 0 Å².